The number of amides is 1. The Morgan fingerprint density at radius 1 is 1.08 bits per heavy atom. The van der Waals surface area contributed by atoms with Gasteiger partial charge in [0, 0.05) is 5.56 Å². The molecule has 26 heavy (non-hydrogen) atoms. The van der Waals surface area contributed by atoms with E-state index in [1.54, 1.807) is 14.0 Å². The zero-order valence-electron chi connectivity index (χ0n) is 14.7. The van der Waals surface area contributed by atoms with Crippen LogP contribution in [0.4, 0.5) is 0 Å². The number of carbonyl (C=O) groups is 1. The summed E-state index contributed by atoms with van der Waals surface area (Å²) in [5.74, 6) is 1.69. The molecule has 1 N–H and O–H groups in total. The summed E-state index contributed by atoms with van der Waals surface area (Å²) in [6.45, 7) is 2.49. The van der Waals surface area contributed by atoms with Gasteiger partial charge in [0.2, 0.25) is 0 Å². The number of methoxy groups -OCH3 is 1. The molecule has 0 fully saturated rings. The van der Waals surface area contributed by atoms with Crippen molar-refractivity contribution in [3.05, 3.63) is 65.9 Å². The van der Waals surface area contributed by atoms with E-state index in [4.69, 9.17) is 14.0 Å². The molecule has 0 bridgehead atoms. The van der Waals surface area contributed by atoms with Crippen LogP contribution in [-0.2, 0) is 0 Å². The van der Waals surface area contributed by atoms with Gasteiger partial charge < -0.3 is 19.3 Å². The van der Waals surface area contributed by atoms with E-state index in [1.807, 2.05) is 54.6 Å². The van der Waals surface area contributed by atoms with Crippen molar-refractivity contribution < 1.29 is 18.8 Å². The van der Waals surface area contributed by atoms with Crippen LogP contribution in [-0.4, -0.2) is 31.3 Å². The Morgan fingerprint density at radius 2 is 1.81 bits per heavy atom. The Balaban J connectivity index is 1.64. The zero-order chi connectivity index (χ0) is 18.4. The molecule has 3 rings (SSSR count). The first-order chi connectivity index (χ1) is 12.7. The fourth-order valence-electron chi connectivity index (χ4n) is 2.52. The molecule has 0 saturated carbocycles. The molecule has 0 aliphatic rings. The van der Waals surface area contributed by atoms with Crippen LogP contribution >= 0.6 is 0 Å². The number of nitrogens with zero attached hydrogens (tertiary/aromatic N) is 1. The van der Waals surface area contributed by atoms with Crippen molar-refractivity contribution in [2.24, 2.45) is 0 Å². The fourth-order valence-corrected chi connectivity index (χ4v) is 2.52. The van der Waals surface area contributed by atoms with Crippen LogP contribution in [0.3, 0.4) is 0 Å². The predicted molar refractivity (Wildman–Crippen MR) is 97.5 cm³/mol. The second-order valence-electron chi connectivity index (χ2n) is 5.62. The summed E-state index contributed by atoms with van der Waals surface area (Å²) in [6.07, 6.45) is 0. The Kier molecular flexibility index (Phi) is 5.53. The Labute approximate surface area is 151 Å². The lowest BCUT2D eigenvalue weighted by Crippen LogP contribution is -2.28. The minimum Gasteiger partial charge on any atom is -0.497 e. The molecule has 0 radical (unpaired) electrons. The number of rotatable bonds is 7. The summed E-state index contributed by atoms with van der Waals surface area (Å²) < 4.78 is 16.1. The van der Waals surface area contributed by atoms with E-state index in [-0.39, 0.29) is 5.91 Å². The van der Waals surface area contributed by atoms with Crippen LogP contribution < -0.4 is 14.8 Å². The monoisotopic (exact) mass is 352 g/mol. The largest absolute Gasteiger partial charge is 0.497 e. The van der Waals surface area contributed by atoms with Crippen molar-refractivity contribution in [1.29, 1.82) is 0 Å². The molecule has 0 unspecified atom stereocenters. The molecule has 0 spiro atoms. The van der Waals surface area contributed by atoms with E-state index >= 15 is 0 Å². The summed E-state index contributed by atoms with van der Waals surface area (Å²) >= 11 is 0. The molecule has 134 valence electrons. The van der Waals surface area contributed by atoms with Crippen molar-refractivity contribution in [1.82, 2.24) is 10.5 Å². The van der Waals surface area contributed by atoms with E-state index in [9.17, 15) is 4.79 Å². The SMILES string of the molecule is COc1ccc(-c2onc(C)c2C(=O)NCCOc2ccccc2)cc1. The number of nitrogens with one attached hydrogen (secondary N) is 1. The van der Waals surface area contributed by atoms with Crippen LogP contribution in [0.5, 0.6) is 11.5 Å². The number of para-hydroxylation sites is 1. The highest BCUT2D eigenvalue weighted by Gasteiger charge is 2.21. The quantitative estimate of drug-likeness (QED) is 0.659. The number of carbonyl (C=O) groups excluding carboxylic acids is 1. The van der Waals surface area contributed by atoms with Crippen LogP contribution in [0.15, 0.2) is 59.1 Å². The number of aryl methyl sites for hydroxylation is 1. The summed E-state index contributed by atoms with van der Waals surface area (Å²) in [6, 6.07) is 16.7. The van der Waals surface area contributed by atoms with Gasteiger partial charge in [-0.05, 0) is 43.3 Å². The molecule has 2 aromatic carbocycles. The Hall–Kier alpha value is -3.28. The van der Waals surface area contributed by atoms with E-state index in [0.717, 1.165) is 17.1 Å². The molecule has 1 aromatic heterocycles. The van der Waals surface area contributed by atoms with Gasteiger partial charge in [-0.25, -0.2) is 0 Å². The van der Waals surface area contributed by atoms with Crippen molar-refractivity contribution in [2.45, 2.75) is 6.92 Å². The maximum Gasteiger partial charge on any atom is 0.257 e. The van der Waals surface area contributed by atoms with Crippen LogP contribution in [0.2, 0.25) is 0 Å². The van der Waals surface area contributed by atoms with Gasteiger partial charge in [-0.15, -0.1) is 0 Å². The molecule has 1 heterocycles. The number of aromatic nitrogens is 1. The highest BCUT2D eigenvalue weighted by atomic mass is 16.5. The molecule has 0 saturated heterocycles. The van der Waals surface area contributed by atoms with E-state index in [0.29, 0.717) is 30.2 Å². The van der Waals surface area contributed by atoms with Gasteiger partial charge in [-0.1, -0.05) is 23.4 Å². The molecule has 0 aliphatic carbocycles. The van der Waals surface area contributed by atoms with Gasteiger partial charge in [0.25, 0.3) is 5.91 Å². The smallest absolute Gasteiger partial charge is 0.257 e. The summed E-state index contributed by atoms with van der Waals surface area (Å²) in [4.78, 5) is 12.6. The first kappa shape index (κ1) is 17.5. The third kappa shape index (κ3) is 4.03. The lowest BCUT2D eigenvalue weighted by atomic mass is 10.1. The van der Waals surface area contributed by atoms with E-state index in [2.05, 4.69) is 10.5 Å². The maximum absolute atomic E-state index is 12.6. The number of ether oxygens (including phenoxy) is 2. The van der Waals surface area contributed by atoms with Crippen LogP contribution in [0.25, 0.3) is 11.3 Å². The minimum atomic E-state index is -0.244. The molecule has 6 heteroatoms. The van der Waals surface area contributed by atoms with Gasteiger partial charge in [-0.2, -0.15) is 0 Å². The first-order valence-electron chi connectivity index (χ1n) is 8.26. The number of benzene rings is 2. The fraction of sp³-hybridized carbons (Fsp3) is 0.200. The van der Waals surface area contributed by atoms with Crippen LogP contribution in [0.1, 0.15) is 16.1 Å². The van der Waals surface area contributed by atoms with Gasteiger partial charge >= 0.3 is 0 Å². The van der Waals surface area contributed by atoms with E-state index in [1.165, 1.54) is 0 Å². The lowest BCUT2D eigenvalue weighted by Gasteiger charge is -2.08. The third-order valence-electron chi connectivity index (χ3n) is 3.84. The van der Waals surface area contributed by atoms with Gasteiger partial charge in [-0.3, -0.25) is 4.79 Å². The Bertz CT molecular complexity index is 857. The molecule has 0 atom stereocenters. The summed E-state index contributed by atoms with van der Waals surface area (Å²) in [7, 11) is 1.60. The Morgan fingerprint density at radius 3 is 2.50 bits per heavy atom. The molecule has 3 aromatic rings. The summed E-state index contributed by atoms with van der Waals surface area (Å²) in [5, 5.41) is 6.77. The van der Waals surface area contributed by atoms with Crippen molar-refractivity contribution in [3.63, 3.8) is 0 Å². The number of hydrogen-bond acceptors (Lipinski definition) is 5. The number of hydrogen-bond donors (Lipinski definition) is 1. The van der Waals surface area contributed by atoms with Crippen molar-refractivity contribution in [3.8, 4) is 22.8 Å². The lowest BCUT2D eigenvalue weighted by molar-refractivity contribution is 0.0946. The van der Waals surface area contributed by atoms with E-state index < -0.39 is 0 Å². The highest BCUT2D eigenvalue weighted by molar-refractivity contribution is 6.00. The highest BCUT2D eigenvalue weighted by Crippen LogP contribution is 2.27. The first-order valence-corrected chi connectivity index (χ1v) is 8.26. The van der Waals surface area contributed by atoms with Gasteiger partial charge in [0.15, 0.2) is 5.76 Å². The molecular formula is C20H20N2O4. The van der Waals surface area contributed by atoms with Gasteiger partial charge in [0.05, 0.1) is 19.3 Å². The summed E-state index contributed by atoms with van der Waals surface area (Å²) in [5.41, 5.74) is 1.73. The second-order valence-corrected chi connectivity index (χ2v) is 5.62. The average molecular weight is 352 g/mol. The average Bonchev–Trinajstić information content (AvgIpc) is 3.07. The minimum absolute atomic E-state index is 0.244. The zero-order valence-corrected chi connectivity index (χ0v) is 14.7. The third-order valence-corrected chi connectivity index (χ3v) is 3.84. The molecule has 1 amide bonds. The molecular weight excluding hydrogens is 332 g/mol. The topological polar surface area (TPSA) is 73.6 Å². The normalized spacial score (nSPS) is 10.4. The predicted octanol–water partition coefficient (Wildman–Crippen LogP) is 3.47. The molecule has 0 aliphatic heterocycles. The molecule has 6 nitrogen and oxygen atoms in total. The second kappa shape index (κ2) is 8.20. The van der Waals surface area contributed by atoms with Crippen molar-refractivity contribution >= 4 is 5.91 Å². The van der Waals surface area contributed by atoms with Crippen molar-refractivity contribution in [2.75, 3.05) is 20.3 Å². The van der Waals surface area contributed by atoms with Crippen LogP contribution in [0, 0.1) is 6.92 Å². The maximum atomic E-state index is 12.6. The van der Waals surface area contributed by atoms with Gasteiger partial charge in [0.1, 0.15) is 23.7 Å². The standard InChI is InChI=1S/C20H20N2O4/c1-14-18(19(26-22-14)15-8-10-16(24-2)11-9-15)20(23)21-12-13-25-17-6-4-3-5-7-17/h3-11H,12-13H2,1-2H3,(H,21,23).